The normalized spacial score (nSPS) is 14.6. The molecule has 4 nitrogen and oxygen atoms in total. The van der Waals surface area contributed by atoms with Gasteiger partial charge < -0.3 is 4.55 Å². The Bertz CT molecular complexity index is 250. The Labute approximate surface area is 62.1 Å². The summed E-state index contributed by atoms with van der Waals surface area (Å²) < 4.78 is 39.3. The summed E-state index contributed by atoms with van der Waals surface area (Å²) in [4.78, 5) is -0.215. The first-order valence-corrected chi connectivity index (χ1v) is 5.46. The molecule has 0 fully saturated rings. The van der Waals surface area contributed by atoms with E-state index in [0.29, 0.717) is 0 Å². The van der Waals surface area contributed by atoms with Crippen LogP contribution in [0, 0.1) is 0 Å². The highest BCUT2D eigenvalue weighted by atomic mass is 32.2. The summed E-state index contributed by atoms with van der Waals surface area (Å²) >= 11 is -2.12. The van der Waals surface area contributed by atoms with Gasteiger partial charge in [-0.05, 0) is 0 Å². The first-order valence-electron chi connectivity index (χ1n) is 2.29. The molecule has 1 unspecified atom stereocenters. The minimum absolute atomic E-state index is 0.215. The fraction of sp³-hybridized carbons (Fsp3) is 0.500. The van der Waals surface area contributed by atoms with Crippen molar-refractivity contribution in [3.05, 3.63) is 11.5 Å². The van der Waals surface area contributed by atoms with Gasteiger partial charge in [-0.25, -0.2) is 12.6 Å². The Morgan fingerprint density at radius 2 is 2.10 bits per heavy atom. The van der Waals surface area contributed by atoms with Crippen LogP contribution in [-0.4, -0.2) is 29.2 Å². The maximum absolute atomic E-state index is 10.5. The zero-order valence-corrected chi connectivity index (χ0v) is 7.04. The molecular weight excluding hydrogens is 176 g/mol. The van der Waals surface area contributed by atoms with E-state index in [1.807, 2.05) is 0 Å². The summed E-state index contributed by atoms with van der Waals surface area (Å²) in [7, 11) is -3.35. The smallest absolute Gasteiger partial charge is 0.172 e. The van der Waals surface area contributed by atoms with Crippen molar-refractivity contribution < 1.29 is 17.2 Å². The van der Waals surface area contributed by atoms with E-state index < -0.39 is 26.7 Å². The Hall–Kier alpha value is -0.200. The van der Waals surface area contributed by atoms with Gasteiger partial charge in [0.1, 0.15) is 0 Å². The van der Waals surface area contributed by atoms with E-state index >= 15 is 0 Å². The minimum atomic E-state index is -3.35. The van der Waals surface area contributed by atoms with Gasteiger partial charge >= 0.3 is 0 Å². The van der Waals surface area contributed by atoms with Crippen molar-refractivity contribution in [3.8, 4) is 0 Å². The van der Waals surface area contributed by atoms with Crippen molar-refractivity contribution in [2.45, 2.75) is 0 Å². The van der Waals surface area contributed by atoms with Gasteiger partial charge in [-0.2, -0.15) is 0 Å². The van der Waals surface area contributed by atoms with E-state index in [4.69, 9.17) is 4.55 Å². The molecule has 0 radical (unpaired) electrons. The van der Waals surface area contributed by atoms with Crippen molar-refractivity contribution in [3.63, 3.8) is 0 Å². The van der Waals surface area contributed by atoms with Gasteiger partial charge in [0.2, 0.25) is 0 Å². The summed E-state index contributed by atoms with van der Waals surface area (Å²) in [5.41, 5.74) is 0. The van der Waals surface area contributed by atoms with Crippen molar-refractivity contribution >= 4 is 20.9 Å². The second-order valence-corrected chi connectivity index (χ2v) is 4.83. The zero-order chi connectivity index (χ0) is 8.36. The molecule has 10 heavy (non-hydrogen) atoms. The predicted molar refractivity (Wildman–Crippen MR) is 39.6 cm³/mol. The molecule has 0 bridgehead atoms. The molecule has 0 saturated carbocycles. The van der Waals surface area contributed by atoms with E-state index in [2.05, 4.69) is 6.58 Å². The van der Waals surface area contributed by atoms with Gasteiger partial charge in [0.15, 0.2) is 20.9 Å². The highest BCUT2D eigenvalue weighted by Gasteiger charge is 2.10. The average Bonchev–Trinajstić information content (AvgIpc) is 1.60. The van der Waals surface area contributed by atoms with E-state index in [1.165, 1.54) is 0 Å². The first kappa shape index (κ1) is 9.80. The molecule has 0 aliphatic carbocycles. The topological polar surface area (TPSA) is 71.4 Å². The summed E-state index contributed by atoms with van der Waals surface area (Å²) in [6, 6.07) is 0. The largest absolute Gasteiger partial charge is 0.306 e. The van der Waals surface area contributed by atoms with E-state index in [0.717, 1.165) is 6.26 Å². The standard InChI is InChI=1S/C4H8O4S2/c1-4(3-9(5)6)10(2,7)8/h1,3H2,2H3,(H,5,6). The summed E-state index contributed by atoms with van der Waals surface area (Å²) in [6.45, 7) is 3.13. The Balaban J connectivity index is 4.28. The fourth-order valence-corrected chi connectivity index (χ4v) is 1.68. The van der Waals surface area contributed by atoms with Gasteiger partial charge in [0.25, 0.3) is 0 Å². The maximum atomic E-state index is 10.5. The van der Waals surface area contributed by atoms with Crippen LogP contribution >= 0.6 is 0 Å². The third-order valence-electron chi connectivity index (χ3n) is 0.809. The summed E-state index contributed by atoms with van der Waals surface area (Å²) in [5.74, 6) is -0.404. The van der Waals surface area contributed by atoms with Crippen LogP contribution in [0.4, 0.5) is 0 Å². The average molecular weight is 184 g/mol. The molecular formula is C4H8O4S2. The van der Waals surface area contributed by atoms with E-state index in [9.17, 15) is 12.6 Å². The van der Waals surface area contributed by atoms with E-state index in [1.54, 1.807) is 0 Å². The van der Waals surface area contributed by atoms with Crippen molar-refractivity contribution in [2.75, 3.05) is 12.0 Å². The molecule has 0 spiro atoms. The molecule has 0 amide bonds. The van der Waals surface area contributed by atoms with Crippen molar-refractivity contribution in [1.82, 2.24) is 0 Å². The quantitative estimate of drug-likeness (QED) is 0.615. The lowest BCUT2D eigenvalue weighted by Crippen LogP contribution is -2.07. The number of hydrogen-bond donors (Lipinski definition) is 1. The highest BCUT2D eigenvalue weighted by molar-refractivity contribution is 7.95. The predicted octanol–water partition coefficient (Wildman–Crippen LogP) is -0.234. The Morgan fingerprint density at radius 3 is 2.20 bits per heavy atom. The zero-order valence-electron chi connectivity index (χ0n) is 5.40. The SMILES string of the molecule is C=C(CS(=O)O)S(C)(=O)=O. The second-order valence-electron chi connectivity index (χ2n) is 1.78. The van der Waals surface area contributed by atoms with Gasteiger partial charge in [0, 0.05) is 6.26 Å². The lowest BCUT2D eigenvalue weighted by atomic mass is 10.7. The summed E-state index contributed by atoms with van der Waals surface area (Å²) in [6.07, 6.45) is 0.947. The van der Waals surface area contributed by atoms with Gasteiger partial charge in [-0.3, -0.25) is 0 Å². The van der Waals surface area contributed by atoms with Crippen LogP contribution in [-0.2, 0) is 20.9 Å². The fourth-order valence-electron chi connectivity index (χ4n) is 0.245. The number of hydrogen-bond acceptors (Lipinski definition) is 3. The van der Waals surface area contributed by atoms with Crippen LogP contribution < -0.4 is 0 Å². The van der Waals surface area contributed by atoms with Crippen LogP contribution in [0.25, 0.3) is 0 Å². The third-order valence-corrected chi connectivity index (χ3v) is 2.78. The lowest BCUT2D eigenvalue weighted by Gasteiger charge is -1.96. The first-order chi connectivity index (χ1) is 4.34. The maximum Gasteiger partial charge on any atom is 0.172 e. The monoisotopic (exact) mass is 184 g/mol. The molecule has 1 atom stereocenters. The molecule has 0 aromatic carbocycles. The lowest BCUT2D eigenvalue weighted by molar-refractivity contribution is 0.566. The Morgan fingerprint density at radius 1 is 1.70 bits per heavy atom. The molecule has 0 rings (SSSR count). The van der Waals surface area contributed by atoms with Crippen LogP contribution in [0.3, 0.4) is 0 Å². The molecule has 0 heterocycles. The van der Waals surface area contributed by atoms with Crippen molar-refractivity contribution in [1.29, 1.82) is 0 Å². The van der Waals surface area contributed by atoms with Crippen LogP contribution in [0.2, 0.25) is 0 Å². The molecule has 0 aromatic heterocycles. The number of rotatable bonds is 3. The molecule has 0 aromatic rings. The van der Waals surface area contributed by atoms with Gasteiger partial charge in [0.05, 0.1) is 10.7 Å². The van der Waals surface area contributed by atoms with Crippen molar-refractivity contribution in [2.24, 2.45) is 0 Å². The second kappa shape index (κ2) is 3.27. The molecule has 0 aliphatic rings. The van der Waals surface area contributed by atoms with Crippen LogP contribution in [0.1, 0.15) is 0 Å². The highest BCUT2D eigenvalue weighted by Crippen LogP contribution is 2.01. The minimum Gasteiger partial charge on any atom is -0.306 e. The van der Waals surface area contributed by atoms with Gasteiger partial charge in [-0.15, -0.1) is 0 Å². The van der Waals surface area contributed by atoms with Gasteiger partial charge in [-0.1, -0.05) is 6.58 Å². The Kier molecular flexibility index (Phi) is 3.20. The molecule has 0 aliphatic heterocycles. The molecule has 1 N–H and O–H groups in total. The summed E-state index contributed by atoms with van der Waals surface area (Å²) in [5, 5.41) is 0. The molecule has 6 heteroatoms. The molecule has 60 valence electrons. The number of sulfone groups is 1. The molecule has 0 saturated heterocycles. The van der Waals surface area contributed by atoms with Crippen LogP contribution in [0.15, 0.2) is 11.5 Å². The third kappa shape index (κ3) is 3.76. The van der Waals surface area contributed by atoms with E-state index in [-0.39, 0.29) is 4.91 Å². The van der Waals surface area contributed by atoms with Crippen LogP contribution in [0.5, 0.6) is 0 Å².